The van der Waals surface area contributed by atoms with Gasteiger partial charge in [-0.2, -0.15) is 0 Å². The van der Waals surface area contributed by atoms with E-state index in [1.165, 1.54) is 6.42 Å². The number of nitrogens with zero attached hydrogens (tertiary/aromatic N) is 2. The van der Waals surface area contributed by atoms with E-state index in [0.29, 0.717) is 12.1 Å². The highest BCUT2D eigenvalue weighted by molar-refractivity contribution is 5.02. The molecule has 0 aromatic rings. The summed E-state index contributed by atoms with van der Waals surface area (Å²) in [4.78, 5) is 5.15. The molecule has 1 heterocycles. The largest absolute Gasteiger partial charge is 0.383 e. The molecule has 19 heavy (non-hydrogen) atoms. The molecule has 0 spiro atoms. The Kier molecular flexibility index (Phi) is 6.74. The van der Waals surface area contributed by atoms with E-state index in [-0.39, 0.29) is 5.54 Å². The van der Waals surface area contributed by atoms with Crippen molar-refractivity contribution in [1.29, 1.82) is 0 Å². The average molecular weight is 271 g/mol. The SMILES string of the molecule is CCC(C)N(CCOC)C1(CN)CCN(C(C)C)C1. The van der Waals surface area contributed by atoms with Crippen LogP contribution in [0.3, 0.4) is 0 Å². The predicted molar refractivity (Wildman–Crippen MR) is 81.4 cm³/mol. The molecule has 0 amide bonds. The first-order valence-electron chi connectivity index (χ1n) is 7.70. The first-order chi connectivity index (χ1) is 9.00. The monoisotopic (exact) mass is 271 g/mol. The van der Waals surface area contributed by atoms with E-state index >= 15 is 0 Å². The van der Waals surface area contributed by atoms with Gasteiger partial charge in [0.15, 0.2) is 0 Å². The normalized spacial score (nSPS) is 26.5. The molecule has 114 valence electrons. The highest BCUT2D eigenvalue weighted by Crippen LogP contribution is 2.30. The summed E-state index contributed by atoms with van der Waals surface area (Å²) in [6.45, 7) is 13.9. The summed E-state index contributed by atoms with van der Waals surface area (Å²) in [5.74, 6) is 0. The number of likely N-dealkylation sites (tertiary alicyclic amines) is 1. The number of nitrogens with two attached hydrogens (primary N) is 1. The van der Waals surface area contributed by atoms with Gasteiger partial charge in [0.2, 0.25) is 0 Å². The summed E-state index contributed by atoms with van der Waals surface area (Å²) in [5.41, 5.74) is 6.32. The molecule has 0 aromatic heterocycles. The average Bonchev–Trinajstić information content (AvgIpc) is 2.84. The number of hydrogen-bond donors (Lipinski definition) is 1. The van der Waals surface area contributed by atoms with Gasteiger partial charge in [-0.3, -0.25) is 9.80 Å². The Balaban J connectivity index is 2.83. The maximum Gasteiger partial charge on any atom is 0.0590 e. The molecule has 4 nitrogen and oxygen atoms in total. The summed E-state index contributed by atoms with van der Waals surface area (Å²) in [6, 6.07) is 1.17. The van der Waals surface area contributed by atoms with Gasteiger partial charge in [-0.05, 0) is 33.6 Å². The van der Waals surface area contributed by atoms with Crippen molar-refractivity contribution in [1.82, 2.24) is 9.80 Å². The van der Waals surface area contributed by atoms with Gasteiger partial charge in [0.25, 0.3) is 0 Å². The van der Waals surface area contributed by atoms with Gasteiger partial charge >= 0.3 is 0 Å². The molecule has 1 saturated heterocycles. The van der Waals surface area contributed by atoms with Crippen LogP contribution in [-0.4, -0.2) is 67.3 Å². The Morgan fingerprint density at radius 2 is 2.05 bits per heavy atom. The number of methoxy groups -OCH3 is 1. The van der Waals surface area contributed by atoms with Crippen LogP contribution in [0.1, 0.15) is 40.5 Å². The second-order valence-corrected chi connectivity index (χ2v) is 6.19. The second-order valence-electron chi connectivity index (χ2n) is 6.19. The van der Waals surface area contributed by atoms with Crippen LogP contribution in [0.15, 0.2) is 0 Å². The van der Waals surface area contributed by atoms with E-state index in [1.807, 2.05) is 0 Å². The summed E-state index contributed by atoms with van der Waals surface area (Å²) in [5, 5.41) is 0. The lowest BCUT2D eigenvalue weighted by molar-refractivity contribution is 0.0299. The molecule has 2 unspecified atom stereocenters. The van der Waals surface area contributed by atoms with Crippen molar-refractivity contribution in [3.63, 3.8) is 0 Å². The van der Waals surface area contributed by atoms with Gasteiger partial charge in [-0.25, -0.2) is 0 Å². The summed E-state index contributed by atoms with van der Waals surface area (Å²) < 4.78 is 5.29. The molecule has 0 aromatic carbocycles. The van der Waals surface area contributed by atoms with E-state index in [9.17, 15) is 0 Å². The maximum atomic E-state index is 6.19. The number of rotatable bonds is 8. The van der Waals surface area contributed by atoms with Crippen LogP contribution in [0.5, 0.6) is 0 Å². The third-order valence-electron chi connectivity index (χ3n) is 4.74. The van der Waals surface area contributed by atoms with E-state index in [2.05, 4.69) is 37.5 Å². The molecule has 0 aliphatic carbocycles. The predicted octanol–water partition coefficient (Wildman–Crippen LogP) is 1.54. The minimum atomic E-state index is 0.137. The van der Waals surface area contributed by atoms with Crippen LogP contribution >= 0.6 is 0 Å². The Morgan fingerprint density at radius 3 is 2.47 bits per heavy atom. The van der Waals surface area contributed by atoms with E-state index < -0.39 is 0 Å². The zero-order valence-electron chi connectivity index (χ0n) is 13.5. The highest BCUT2D eigenvalue weighted by atomic mass is 16.5. The molecule has 0 radical (unpaired) electrons. The summed E-state index contributed by atoms with van der Waals surface area (Å²) in [6.07, 6.45) is 2.34. The van der Waals surface area contributed by atoms with Gasteiger partial charge in [-0.15, -0.1) is 0 Å². The van der Waals surface area contributed by atoms with Crippen molar-refractivity contribution >= 4 is 0 Å². The van der Waals surface area contributed by atoms with Gasteiger partial charge in [0.1, 0.15) is 0 Å². The fraction of sp³-hybridized carbons (Fsp3) is 1.00. The fourth-order valence-corrected chi connectivity index (χ4v) is 3.18. The molecule has 1 aliphatic heterocycles. The first kappa shape index (κ1) is 16.9. The lowest BCUT2D eigenvalue weighted by Gasteiger charge is -2.44. The fourth-order valence-electron chi connectivity index (χ4n) is 3.18. The van der Waals surface area contributed by atoms with Crippen LogP contribution in [0.2, 0.25) is 0 Å². The Hall–Kier alpha value is -0.160. The van der Waals surface area contributed by atoms with Crippen molar-refractivity contribution in [2.24, 2.45) is 5.73 Å². The summed E-state index contributed by atoms with van der Waals surface area (Å²) >= 11 is 0. The number of hydrogen-bond acceptors (Lipinski definition) is 4. The molecule has 0 bridgehead atoms. The minimum Gasteiger partial charge on any atom is -0.383 e. The molecule has 2 N–H and O–H groups in total. The van der Waals surface area contributed by atoms with Crippen LogP contribution < -0.4 is 5.73 Å². The quantitative estimate of drug-likeness (QED) is 0.727. The standard InChI is InChI=1S/C15H33N3O/c1-6-14(4)18(9-10-19-5)15(11-16)7-8-17(12-15)13(2)3/h13-14H,6-12,16H2,1-5H3. The van der Waals surface area contributed by atoms with E-state index in [0.717, 1.165) is 39.2 Å². The zero-order valence-corrected chi connectivity index (χ0v) is 13.5. The van der Waals surface area contributed by atoms with E-state index in [1.54, 1.807) is 7.11 Å². The van der Waals surface area contributed by atoms with Crippen LogP contribution in [0, 0.1) is 0 Å². The number of ether oxygens (including phenoxy) is 1. The molecule has 4 heteroatoms. The molecular weight excluding hydrogens is 238 g/mol. The smallest absolute Gasteiger partial charge is 0.0590 e. The van der Waals surface area contributed by atoms with Crippen molar-refractivity contribution in [3.8, 4) is 0 Å². The second kappa shape index (κ2) is 7.58. The Labute approximate surface area is 119 Å². The zero-order chi connectivity index (χ0) is 14.5. The van der Waals surface area contributed by atoms with Crippen molar-refractivity contribution < 1.29 is 4.74 Å². The maximum absolute atomic E-state index is 6.19. The van der Waals surface area contributed by atoms with Gasteiger partial charge < -0.3 is 10.5 Å². The minimum absolute atomic E-state index is 0.137. The van der Waals surface area contributed by atoms with Crippen LogP contribution in [-0.2, 0) is 4.74 Å². The third-order valence-corrected chi connectivity index (χ3v) is 4.74. The third kappa shape index (κ3) is 3.91. The first-order valence-corrected chi connectivity index (χ1v) is 7.70. The highest BCUT2D eigenvalue weighted by Gasteiger charge is 2.43. The lowest BCUT2D eigenvalue weighted by Crippen LogP contribution is -2.59. The van der Waals surface area contributed by atoms with Crippen molar-refractivity contribution in [3.05, 3.63) is 0 Å². The molecule has 2 atom stereocenters. The van der Waals surface area contributed by atoms with Gasteiger partial charge in [0.05, 0.1) is 6.61 Å². The van der Waals surface area contributed by atoms with Crippen LogP contribution in [0.4, 0.5) is 0 Å². The van der Waals surface area contributed by atoms with Gasteiger partial charge in [-0.1, -0.05) is 6.92 Å². The molecule has 1 fully saturated rings. The molecule has 1 aliphatic rings. The van der Waals surface area contributed by atoms with Crippen LogP contribution in [0.25, 0.3) is 0 Å². The molecule has 1 rings (SSSR count). The van der Waals surface area contributed by atoms with Gasteiger partial charge in [0, 0.05) is 50.9 Å². The lowest BCUT2D eigenvalue weighted by atomic mass is 9.93. The molecular formula is C15H33N3O. The van der Waals surface area contributed by atoms with Crippen molar-refractivity contribution in [2.45, 2.75) is 58.2 Å². The Morgan fingerprint density at radius 1 is 1.37 bits per heavy atom. The topological polar surface area (TPSA) is 41.7 Å². The Bertz CT molecular complexity index is 260. The van der Waals surface area contributed by atoms with E-state index in [4.69, 9.17) is 10.5 Å². The molecule has 0 saturated carbocycles. The summed E-state index contributed by atoms with van der Waals surface area (Å²) in [7, 11) is 1.78. The van der Waals surface area contributed by atoms with Crippen molar-refractivity contribution in [2.75, 3.05) is 39.9 Å².